The summed E-state index contributed by atoms with van der Waals surface area (Å²) in [6, 6.07) is 0. The molecule has 1 rings (SSSR count). The summed E-state index contributed by atoms with van der Waals surface area (Å²) in [5.74, 6) is 0. The van der Waals surface area contributed by atoms with Crippen LogP contribution >= 0.6 is 0 Å². The molecule has 0 unspecified atom stereocenters. The average Bonchev–Trinajstić information content (AvgIpc) is 2.34. The minimum absolute atomic E-state index is 0.664. The zero-order valence-corrected chi connectivity index (χ0v) is 5.24. The zero-order valence-electron chi connectivity index (χ0n) is 5.24. The number of aromatic nitrogens is 3. The van der Waals surface area contributed by atoms with Crippen molar-refractivity contribution in [2.24, 2.45) is 0 Å². The molecular formula is C5H8N3O. The van der Waals surface area contributed by atoms with Gasteiger partial charge >= 0.3 is 0 Å². The Kier molecular flexibility index (Phi) is 2.06. The molecule has 0 aliphatic carbocycles. The highest BCUT2D eigenvalue weighted by atomic mass is 16.7. The molecule has 0 aromatic carbocycles. The summed E-state index contributed by atoms with van der Waals surface area (Å²) in [4.78, 5) is 6.30. The Morgan fingerprint density at radius 2 is 2.67 bits per heavy atom. The highest BCUT2D eigenvalue weighted by Gasteiger charge is 1.86. The van der Waals surface area contributed by atoms with Gasteiger partial charge in [0.2, 0.25) is 0 Å². The zero-order chi connectivity index (χ0) is 6.53. The third-order valence-corrected chi connectivity index (χ3v) is 0.786. The Morgan fingerprint density at radius 3 is 3.22 bits per heavy atom. The number of nitrogens with zero attached hydrogens (tertiary/aromatic N) is 3. The molecule has 4 heteroatoms. The maximum absolute atomic E-state index is 5.01. The van der Waals surface area contributed by atoms with Gasteiger partial charge in [-0.2, -0.15) is 0 Å². The first kappa shape index (κ1) is 6.07. The topological polar surface area (TPSA) is 39.9 Å². The van der Waals surface area contributed by atoms with E-state index in [1.807, 2.05) is 6.92 Å². The van der Waals surface area contributed by atoms with E-state index in [1.165, 1.54) is 11.0 Å². The van der Waals surface area contributed by atoms with Gasteiger partial charge in [0, 0.05) is 0 Å². The monoisotopic (exact) mass is 126 g/mol. The fourth-order valence-corrected chi connectivity index (χ4v) is 0.419. The molecular weight excluding hydrogens is 118 g/mol. The van der Waals surface area contributed by atoms with Crippen LogP contribution < -0.4 is 4.84 Å². The Bertz CT molecular complexity index is 149. The summed E-state index contributed by atoms with van der Waals surface area (Å²) in [5.41, 5.74) is 0. The number of rotatable bonds is 3. The second kappa shape index (κ2) is 3.06. The van der Waals surface area contributed by atoms with Crippen LogP contribution in [0.25, 0.3) is 0 Å². The number of hydrogen-bond acceptors (Lipinski definition) is 3. The smallest absolute Gasteiger partial charge is 0.138 e. The molecule has 49 valence electrons. The summed E-state index contributed by atoms with van der Waals surface area (Å²) in [7, 11) is 0. The van der Waals surface area contributed by atoms with Gasteiger partial charge in [0.05, 0.1) is 6.20 Å². The van der Waals surface area contributed by atoms with Gasteiger partial charge in [-0.15, -0.1) is 5.10 Å². The number of hydrogen-bond donors (Lipinski definition) is 0. The van der Waals surface area contributed by atoms with Crippen molar-refractivity contribution in [1.29, 1.82) is 0 Å². The molecule has 4 nitrogen and oxygen atoms in total. The maximum Gasteiger partial charge on any atom is 0.138 e. The van der Waals surface area contributed by atoms with Gasteiger partial charge in [-0.1, -0.05) is 11.8 Å². The van der Waals surface area contributed by atoms with E-state index in [-0.39, 0.29) is 0 Å². The second-order valence-corrected chi connectivity index (χ2v) is 1.58. The van der Waals surface area contributed by atoms with Gasteiger partial charge in [0.25, 0.3) is 0 Å². The van der Waals surface area contributed by atoms with E-state index >= 15 is 0 Å². The molecule has 1 heterocycles. The SMILES string of the molecule is CCCOn1c[c]nn1. The molecule has 0 N–H and O–H groups in total. The van der Waals surface area contributed by atoms with E-state index in [0.717, 1.165) is 6.42 Å². The third-order valence-electron chi connectivity index (χ3n) is 0.786. The van der Waals surface area contributed by atoms with Crippen molar-refractivity contribution in [1.82, 2.24) is 15.2 Å². The first-order valence-corrected chi connectivity index (χ1v) is 2.85. The van der Waals surface area contributed by atoms with Crippen LogP contribution in [-0.4, -0.2) is 21.8 Å². The highest BCUT2D eigenvalue weighted by molar-refractivity contribution is 4.55. The van der Waals surface area contributed by atoms with E-state index in [2.05, 4.69) is 16.5 Å². The summed E-state index contributed by atoms with van der Waals surface area (Å²) in [5, 5.41) is 6.98. The lowest BCUT2D eigenvalue weighted by molar-refractivity contribution is 0.0787. The molecule has 9 heavy (non-hydrogen) atoms. The van der Waals surface area contributed by atoms with Crippen molar-refractivity contribution in [2.45, 2.75) is 13.3 Å². The van der Waals surface area contributed by atoms with Crippen LogP contribution in [0.1, 0.15) is 13.3 Å². The molecule has 1 aromatic rings. The standard InChI is InChI=1S/C5H8N3O/c1-2-5-9-8-4-3-6-7-8/h4H,2,5H2,1H3. The minimum Gasteiger partial charge on any atom is -0.395 e. The summed E-state index contributed by atoms with van der Waals surface area (Å²) in [6.45, 7) is 2.69. The fourth-order valence-electron chi connectivity index (χ4n) is 0.419. The molecule has 0 aliphatic heterocycles. The maximum atomic E-state index is 5.01. The van der Waals surface area contributed by atoms with Crippen molar-refractivity contribution in [3.05, 3.63) is 12.4 Å². The Balaban J connectivity index is 2.30. The summed E-state index contributed by atoms with van der Waals surface area (Å²) in [6.07, 6.45) is 5.02. The van der Waals surface area contributed by atoms with E-state index in [1.54, 1.807) is 0 Å². The average molecular weight is 126 g/mol. The third kappa shape index (κ3) is 1.71. The van der Waals surface area contributed by atoms with E-state index in [4.69, 9.17) is 4.84 Å². The predicted molar refractivity (Wildman–Crippen MR) is 30.6 cm³/mol. The van der Waals surface area contributed by atoms with Crippen molar-refractivity contribution in [3.8, 4) is 0 Å². The summed E-state index contributed by atoms with van der Waals surface area (Å²) >= 11 is 0. The van der Waals surface area contributed by atoms with E-state index in [9.17, 15) is 0 Å². The van der Waals surface area contributed by atoms with Gasteiger partial charge in [0.1, 0.15) is 12.8 Å². The van der Waals surface area contributed by atoms with Crippen LogP contribution in [0.4, 0.5) is 0 Å². The molecule has 0 spiro atoms. The Labute approximate surface area is 53.4 Å². The lowest BCUT2D eigenvalue weighted by Gasteiger charge is -1.98. The van der Waals surface area contributed by atoms with Gasteiger partial charge < -0.3 is 4.84 Å². The largest absolute Gasteiger partial charge is 0.395 e. The van der Waals surface area contributed by atoms with Crippen LogP contribution in [0.2, 0.25) is 0 Å². The Hall–Kier alpha value is -1.06. The van der Waals surface area contributed by atoms with E-state index < -0.39 is 0 Å². The fraction of sp³-hybridized carbons (Fsp3) is 0.600. The van der Waals surface area contributed by atoms with E-state index in [0.29, 0.717) is 6.61 Å². The lowest BCUT2D eigenvalue weighted by atomic mass is 10.5. The normalized spacial score (nSPS) is 9.44. The van der Waals surface area contributed by atoms with Gasteiger partial charge in [-0.25, -0.2) is 0 Å². The molecule has 0 aliphatic rings. The van der Waals surface area contributed by atoms with Gasteiger partial charge in [-0.05, 0) is 11.6 Å². The second-order valence-electron chi connectivity index (χ2n) is 1.58. The molecule has 1 radical (unpaired) electrons. The quantitative estimate of drug-likeness (QED) is 0.568. The van der Waals surface area contributed by atoms with Crippen LogP contribution in [0.3, 0.4) is 0 Å². The Morgan fingerprint density at radius 1 is 1.78 bits per heavy atom. The summed E-state index contributed by atoms with van der Waals surface area (Å²) < 4.78 is 0. The molecule has 1 aromatic heterocycles. The lowest BCUT2D eigenvalue weighted by Crippen LogP contribution is -2.12. The first-order chi connectivity index (χ1) is 4.43. The van der Waals surface area contributed by atoms with Crippen LogP contribution in [-0.2, 0) is 0 Å². The van der Waals surface area contributed by atoms with Crippen molar-refractivity contribution < 1.29 is 4.84 Å². The van der Waals surface area contributed by atoms with Crippen LogP contribution in [0.5, 0.6) is 0 Å². The van der Waals surface area contributed by atoms with Crippen molar-refractivity contribution in [2.75, 3.05) is 6.61 Å². The molecule has 0 fully saturated rings. The van der Waals surface area contributed by atoms with Crippen molar-refractivity contribution >= 4 is 0 Å². The molecule has 0 saturated carbocycles. The van der Waals surface area contributed by atoms with Crippen molar-refractivity contribution in [3.63, 3.8) is 0 Å². The first-order valence-electron chi connectivity index (χ1n) is 2.85. The van der Waals surface area contributed by atoms with Crippen LogP contribution in [0.15, 0.2) is 6.20 Å². The molecule has 0 amide bonds. The van der Waals surface area contributed by atoms with Gasteiger partial charge in [0.15, 0.2) is 0 Å². The predicted octanol–water partition coefficient (Wildman–Crippen LogP) is -0.0831. The minimum atomic E-state index is 0.664. The van der Waals surface area contributed by atoms with Crippen LogP contribution in [0, 0.1) is 6.20 Å². The highest BCUT2D eigenvalue weighted by Crippen LogP contribution is 1.76. The molecule has 0 saturated heterocycles. The molecule has 0 bridgehead atoms. The van der Waals surface area contributed by atoms with Gasteiger partial charge in [-0.3, -0.25) is 0 Å². The molecule has 0 atom stereocenters.